The Morgan fingerprint density at radius 1 is 1.20 bits per heavy atom. The summed E-state index contributed by atoms with van der Waals surface area (Å²) in [6.45, 7) is 8.43. The van der Waals surface area contributed by atoms with E-state index in [9.17, 15) is 5.11 Å². The first-order valence-electron chi connectivity index (χ1n) is 8.02. The molecule has 0 bridgehead atoms. The lowest BCUT2D eigenvalue weighted by molar-refractivity contribution is 0.171. The molecule has 2 nitrogen and oxygen atoms in total. The molecule has 1 aromatic carbocycles. The van der Waals surface area contributed by atoms with E-state index < -0.39 is 6.10 Å². The summed E-state index contributed by atoms with van der Waals surface area (Å²) in [7, 11) is 0. The minimum atomic E-state index is -0.393. The molecule has 1 fully saturated rings. The maximum absolute atomic E-state index is 10.2. The van der Waals surface area contributed by atoms with Gasteiger partial charge in [-0.2, -0.15) is 0 Å². The van der Waals surface area contributed by atoms with Crippen LogP contribution in [-0.4, -0.2) is 18.2 Å². The van der Waals surface area contributed by atoms with Crippen molar-refractivity contribution in [2.75, 3.05) is 13.1 Å². The lowest BCUT2D eigenvalue weighted by Gasteiger charge is -2.17. The summed E-state index contributed by atoms with van der Waals surface area (Å²) in [5.41, 5.74) is 2.92. The molecule has 0 amide bonds. The summed E-state index contributed by atoms with van der Waals surface area (Å²) in [6, 6.07) is 8.42. The number of aliphatic hydroxyl groups excluding tert-OH is 1. The van der Waals surface area contributed by atoms with Crippen molar-refractivity contribution in [1.29, 1.82) is 0 Å². The molecule has 1 aliphatic rings. The average Bonchev–Trinajstić information content (AvgIpc) is 3.19. The molecule has 1 saturated carbocycles. The summed E-state index contributed by atoms with van der Waals surface area (Å²) < 4.78 is 0. The third kappa shape index (κ3) is 4.32. The van der Waals surface area contributed by atoms with Crippen LogP contribution in [0.4, 0.5) is 0 Å². The Balaban J connectivity index is 1.78. The molecule has 2 rings (SSSR count). The van der Waals surface area contributed by atoms with Gasteiger partial charge in [-0.3, -0.25) is 0 Å². The van der Waals surface area contributed by atoms with Gasteiger partial charge in [0, 0.05) is 13.1 Å². The van der Waals surface area contributed by atoms with E-state index in [1.807, 2.05) is 0 Å². The summed E-state index contributed by atoms with van der Waals surface area (Å²) in [6.07, 6.45) is 4.65. The van der Waals surface area contributed by atoms with Gasteiger partial charge < -0.3 is 10.4 Å². The maximum Gasteiger partial charge on any atom is 0.0914 e. The maximum atomic E-state index is 10.2. The molecule has 2 heteroatoms. The Hall–Kier alpha value is -0.860. The van der Waals surface area contributed by atoms with Crippen molar-refractivity contribution >= 4 is 0 Å². The fourth-order valence-corrected chi connectivity index (χ4v) is 2.77. The van der Waals surface area contributed by atoms with E-state index in [-0.39, 0.29) is 0 Å². The second-order valence-corrected chi connectivity index (χ2v) is 6.84. The first-order valence-corrected chi connectivity index (χ1v) is 8.02. The van der Waals surface area contributed by atoms with Gasteiger partial charge in [-0.05, 0) is 48.1 Å². The molecule has 0 aromatic heterocycles. The SMILES string of the molecule is CCC1(CNCC(O)c2ccc(CC(C)C)cc2)CC1. The van der Waals surface area contributed by atoms with Gasteiger partial charge in [-0.15, -0.1) is 0 Å². The third-order valence-electron chi connectivity index (χ3n) is 4.55. The van der Waals surface area contributed by atoms with Gasteiger partial charge in [0.15, 0.2) is 0 Å². The topological polar surface area (TPSA) is 32.3 Å². The highest BCUT2D eigenvalue weighted by molar-refractivity contribution is 5.24. The van der Waals surface area contributed by atoms with Crippen LogP contribution < -0.4 is 5.32 Å². The molecule has 20 heavy (non-hydrogen) atoms. The molecule has 1 unspecified atom stereocenters. The van der Waals surface area contributed by atoms with Crippen molar-refractivity contribution in [3.8, 4) is 0 Å². The number of rotatable bonds is 8. The second kappa shape index (κ2) is 6.73. The Kier molecular flexibility index (Phi) is 5.22. The molecule has 2 N–H and O–H groups in total. The lowest BCUT2D eigenvalue weighted by Crippen LogP contribution is -2.28. The Labute approximate surface area is 123 Å². The van der Waals surface area contributed by atoms with E-state index in [0.29, 0.717) is 17.9 Å². The summed E-state index contributed by atoms with van der Waals surface area (Å²) in [4.78, 5) is 0. The molecule has 1 aliphatic carbocycles. The van der Waals surface area contributed by atoms with Crippen molar-refractivity contribution in [1.82, 2.24) is 5.32 Å². The van der Waals surface area contributed by atoms with Gasteiger partial charge in [0.25, 0.3) is 0 Å². The number of aliphatic hydroxyl groups is 1. The van der Waals surface area contributed by atoms with Crippen molar-refractivity contribution in [2.24, 2.45) is 11.3 Å². The largest absolute Gasteiger partial charge is 0.387 e. The first-order chi connectivity index (χ1) is 9.54. The van der Waals surface area contributed by atoms with Crippen molar-refractivity contribution < 1.29 is 5.11 Å². The van der Waals surface area contributed by atoms with Gasteiger partial charge in [-0.25, -0.2) is 0 Å². The van der Waals surface area contributed by atoms with Gasteiger partial charge in [0.2, 0.25) is 0 Å². The quantitative estimate of drug-likeness (QED) is 0.758. The van der Waals surface area contributed by atoms with E-state index in [0.717, 1.165) is 18.5 Å². The van der Waals surface area contributed by atoms with Gasteiger partial charge in [0.1, 0.15) is 0 Å². The van der Waals surface area contributed by atoms with Crippen LogP contribution in [0.1, 0.15) is 57.3 Å². The Morgan fingerprint density at radius 2 is 1.85 bits per heavy atom. The number of hydrogen-bond donors (Lipinski definition) is 2. The smallest absolute Gasteiger partial charge is 0.0914 e. The second-order valence-electron chi connectivity index (χ2n) is 6.84. The summed E-state index contributed by atoms with van der Waals surface area (Å²) in [5, 5.41) is 13.7. The van der Waals surface area contributed by atoms with E-state index >= 15 is 0 Å². The molecule has 0 heterocycles. The van der Waals surface area contributed by atoms with Crippen LogP contribution in [0.3, 0.4) is 0 Å². The predicted molar refractivity (Wildman–Crippen MR) is 84.8 cm³/mol. The summed E-state index contributed by atoms with van der Waals surface area (Å²) in [5.74, 6) is 0.677. The van der Waals surface area contributed by atoms with Crippen LogP contribution >= 0.6 is 0 Å². The number of hydrogen-bond acceptors (Lipinski definition) is 2. The zero-order valence-corrected chi connectivity index (χ0v) is 13.2. The number of nitrogens with one attached hydrogen (secondary N) is 1. The molecule has 112 valence electrons. The Morgan fingerprint density at radius 3 is 2.35 bits per heavy atom. The molecule has 0 spiro atoms. The number of benzene rings is 1. The van der Waals surface area contributed by atoms with Crippen molar-refractivity contribution in [2.45, 2.75) is 52.6 Å². The minimum absolute atomic E-state index is 0.393. The van der Waals surface area contributed by atoms with Crippen LogP contribution in [0.15, 0.2) is 24.3 Å². The lowest BCUT2D eigenvalue weighted by atomic mass is 10.00. The van der Waals surface area contributed by atoms with Crippen molar-refractivity contribution in [3.63, 3.8) is 0 Å². The van der Waals surface area contributed by atoms with Gasteiger partial charge >= 0.3 is 0 Å². The predicted octanol–water partition coefficient (Wildman–Crippen LogP) is 3.70. The molecule has 0 aliphatic heterocycles. The zero-order valence-electron chi connectivity index (χ0n) is 13.2. The van der Waals surface area contributed by atoms with Gasteiger partial charge in [0.05, 0.1) is 6.10 Å². The molecule has 0 saturated heterocycles. The van der Waals surface area contributed by atoms with Crippen LogP contribution in [-0.2, 0) is 6.42 Å². The molecular weight excluding hydrogens is 246 g/mol. The summed E-state index contributed by atoms with van der Waals surface area (Å²) >= 11 is 0. The Bertz CT molecular complexity index is 406. The fraction of sp³-hybridized carbons (Fsp3) is 0.667. The van der Waals surface area contributed by atoms with E-state index in [4.69, 9.17) is 0 Å². The van der Waals surface area contributed by atoms with Crippen LogP contribution in [0.25, 0.3) is 0 Å². The van der Waals surface area contributed by atoms with E-state index in [1.165, 1.54) is 24.8 Å². The van der Waals surface area contributed by atoms with Gasteiger partial charge in [-0.1, -0.05) is 45.0 Å². The normalized spacial score (nSPS) is 18.2. The van der Waals surface area contributed by atoms with Crippen LogP contribution in [0.2, 0.25) is 0 Å². The average molecular weight is 275 g/mol. The van der Waals surface area contributed by atoms with Crippen LogP contribution in [0, 0.1) is 11.3 Å². The van der Waals surface area contributed by atoms with E-state index in [2.05, 4.69) is 50.4 Å². The fourth-order valence-electron chi connectivity index (χ4n) is 2.77. The van der Waals surface area contributed by atoms with Crippen molar-refractivity contribution in [3.05, 3.63) is 35.4 Å². The highest BCUT2D eigenvalue weighted by atomic mass is 16.3. The first kappa shape index (κ1) is 15.5. The molecule has 0 radical (unpaired) electrons. The minimum Gasteiger partial charge on any atom is -0.387 e. The molecule has 1 atom stereocenters. The van der Waals surface area contributed by atoms with Crippen LogP contribution in [0.5, 0.6) is 0 Å². The third-order valence-corrected chi connectivity index (χ3v) is 4.55. The highest BCUT2D eigenvalue weighted by Crippen LogP contribution is 2.47. The zero-order chi connectivity index (χ0) is 14.6. The highest BCUT2D eigenvalue weighted by Gasteiger charge is 2.39. The molecule has 1 aromatic rings. The standard InChI is InChI=1S/C18H29NO/c1-4-18(9-10-18)13-19-12-17(20)16-7-5-15(6-8-16)11-14(2)3/h5-8,14,17,19-20H,4,9-13H2,1-3H3. The monoisotopic (exact) mass is 275 g/mol. The van der Waals surface area contributed by atoms with E-state index in [1.54, 1.807) is 0 Å². The molecular formula is C18H29NO.